The Kier molecular flexibility index (Phi) is 5.22. The quantitative estimate of drug-likeness (QED) is 0.802. The van der Waals surface area contributed by atoms with E-state index in [-0.39, 0.29) is 0 Å². The second-order valence-electron chi connectivity index (χ2n) is 5.73. The lowest BCUT2D eigenvalue weighted by Crippen LogP contribution is -2.06. The highest BCUT2D eigenvalue weighted by Crippen LogP contribution is 2.27. The molecule has 0 unspecified atom stereocenters. The van der Waals surface area contributed by atoms with Crippen molar-refractivity contribution in [2.75, 3.05) is 12.3 Å². The van der Waals surface area contributed by atoms with E-state index >= 15 is 0 Å². The predicted octanol–water partition coefficient (Wildman–Crippen LogP) is 2.76. The monoisotopic (exact) mass is 297 g/mol. The Bertz CT molecular complexity index is 664. The molecule has 116 valence electrons. The van der Waals surface area contributed by atoms with Gasteiger partial charge in [0.1, 0.15) is 5.82 Å². The van der Waals surface area contributed by atoms with Gasteiger partial charge in [-0.15, -0.1) is 0 Å². The van der Waals surface area contributed by atoms with Crippen LogP contribution in [0, 0.1) is 5.92 Å². The van der Waals surface area contributed by atoms with Gasteiger partial charge in [0.25, 0.3) is 0 Å². The summed E-state index contributed by atoms with van der Waals surface area (Å²) in [7, 11) is 0. The van der Waals surface area contributed by atoms with Crippen LogP contribution in [0.15, 0.2) is 29.4 Å². The van der Waals surface area contributed by atoms with E-state index in [0.29, 0.717) is 18.3 Å². The molecule has 2 aromatic rings. The first-order valence-corrected chi connectivity index (χ1v) is 7.46. The first-order chi connectivity index (χ1) is 10.5. The van der Waals surface area contributed by atoms with Crippen molar-refractivity contribution in [3.63, 3.8) is 0 Å². The maximum atomic E-state index is 5.92. The Labute approximate surface area is 131 Å². The number of nitrogens with zero attached hydrogens (tertiary/aromatic N) is 3. The van der Waals surface area contributed by atoms with Crippen molar-refractivity contribution in [2.24, 2.45) is 16.6 Å². The fourth-order valence-corrected chi connectivity index (χ4v) is 2.35. The summed E-state index contributed by atoms with van der Waals surface area (Å²) in [5.74, 6) is 0.975. The first kappa shape index (κ1) is 16.1. The molecule has 0 amide bonds. The number of rotatable bonds is 6. The van der Waals surface area contributed by atoms with Gasteiger partial charge in [-0.2, -0.15) is 0 Å². The van der Waals surface area contributed by atoms with E-state index in [9.17, 15) is 0 Å². The fourth-order valence-electron chi connectivity index (χ4n) is 2.35. The van der Waals surface area contributed by atoms with Gasteiger partial charge < -0.3 is 11.5 Å². The lowest BCUT2D eigenvalue weighted by atomic mass is 10.0. The zero-order valence-corrected chi connectivity index (χ0v) is 13.2. The number of aliphatic imine (C=N–C) groups is 1. The van der Waals surface area contributed by atoms with Crippen molar-refractivity contribution in [3.05, 3.63) is 35.7 Å². The first-order valence-electron chi connectivity index (χ1n) is 7.46. The molecule has 0 aliphatic heterocycles. The maximum Gasteiger partial charge on any atom is 0.145 e. The second-order valence-corrected chi connectivity index (χ2v) is 5.73. The Morgan fingerprint density at radius 2 is 2.09 bits per heavy atom. The van der Waals surface area contributed by atoms with Gasteiger partial charge in [-0.1, -0.05) is 26.0 Å². The third-order valence-corrected chi connectivity index (χ3v) is 3.44. The van der Waals surface area contributed by atoms with Crippen molar-refractivity contribution >= 4 is 18.2 Å². The maximum absolute atomic E-state index is 5.92. The summed E-state index contributed by atoms with van der Waals surface area (Å²) >= 11 is 0. The van der Waals surface area contributed by atoms with Crippen LogP contribution in [0.4, 0.5) is 11.5 Å². The number of hydrogen-bond acceptors (Lipinski definition) is 5. The SMILES string of the molecule is C=Nc1cc(-c2cnc(N)c(CC(C)C)n2)ccc1CCN. The van der Waals surface area contributed by atoms with E-state index in [4.69, 9.17) is 11.5 Å². The summed E-state index contributed by atoms with van der Waals surface area (Å²) < 4.78 is 0. The van der Waals surface area contributed by atoms with E-state index in [1.807, 2.05) is 18.2 Å². The molecule has 0 saturated carbocycles. The van der Waals surface area contributed by atoms with Crippen LogP contribution in [0.2, 0.25) is 0 Å². The molecule has 0 aliphatic rings. The van der Waals surface area contributed by atoms with E-state index in [1.54, 1.807) is 6.20 Å². The normalized spacial score (nSPS) is 10.9. The molecule has 0 radical (unpaired) electrons. The minimum atomic E-state index is 0.476. The van der Waals surface area contributed by atoms with E-state index in [2.05, 4.69) is 35.5 Å². The average Bonchev–Trinajstić information content (AvgIpc) is 2.50. The average molecular weight is 297 g/mol. The zero-order valence-electron chi connectivity index (χ0n) is 13.2. The second kappa shape index (κ2) is 7.13. The zero-order chi connectivity index (χ0) is 16.1. The number of hydrogen-bond donors (Lipinski definition) is 2. The number of nitrogens with two attached hydrogens (primary N) is 2. The van der Waals surface area contributed by atoms with Crippen molar-refractivity contribution in [2.45, 2.75) is 26.7 Å². The molecule has 5 nitrogen and oxygen atoms in total. The molecular formula is C17H23N5. The lowest BCUT2D eigenvalue weighted by molar-refractivity contribution is 0.635. The molecule has 4 N–H and O–H groups in total. The molecule has 0 spiro atoms. The smallest absolute Gasteiger partial charge is 0.145 e. The van der Waals surface area contributed by atoms with Crippen molar-refractivity contribution in [1.29, 1.82) is 0 Å². The molecule has 1 heterocycles. The Hall–Kier alpha value is -2.27. The molecular weight excluding hydrogens is 274 g/mol. The van der Waals surface area contributed by atoms with Crippen molar-refractivity contribution < 1.29 is 0 Å². The van der Waals surface area contributed by atoms with Gasteiger partial charge in [0, 0.05) is 5.56 Å². The van der Waals surface area contributed by atoms with Crippen LogP contribution in [-0.2, 0) is 12.8 Å². The lowest BCUT2D eigenvalue weighted by Gasteiger charge is -2.11. The summed E-state index contributed by atoms with van der Waals surface area (Å²) in [5, 5.41) is 0. The molecule has 0 bridgehead atoms. The largest absolute Gasteiger partial charge is 0.382 e. The number of aromatic nitrogens is 2. The molecule has 1 aromatic carbocycles. The highest BCUT2D eigenvalue weighted by molar-refractivity contribution is 5.67. The number of nitrogen functional groups attached to an aromatic ring is 1. The van der Waals surface area contributed by atoms with Crippen LogP contribution >= 0.6 is 0 Å². The summed E-state index contributed by atoms with van der Waals surface area (Å²) in [4.78, 5) is 13.0. The van der Waals surface area contributed by atoms with Crippen LogP contribution in [0.1, 0.15) is 25.1 Å². The summed E-state index contributed by atoms with van der Waals surface area (Å²) in [6, 6.07) is 6.00. The Morgan fingerprint density at radius 1 is 1.32 bits per heavy atom. The topological polar surface area (TPSA) is 90.2 Å². The molecule has 5 heteroatoms. The summed E-state index contributed by atoms with van der Waals surface area (Å²) in [6.45, 7) is 8.49. The third kappa shape index (κ3) is 3.68. The van der Waals surface area contributed by atoms with E-state index in [1.165, 1.54) is 0 Å². The predicted molar refractivity (Wildman–Crippen MR) is 92.4 cm³/mol. The molecule has 0 atom stereocenters. The van der Waals surface area contributed by atoms with E-state index in [0.717, 1.165) is 41.0 Å². The van der Waals surface area contributed by atoms with Crippen molar-refractivity contribution in [1.82, 2.24) is 9.97 Å². The van der Waals surface area contributed by atoms with Crippen LogP contribution in [0.25, 0.3) is 11.3 Å². The van der Waals surface area contributed by atoms with Gasteiger partial charge in [-0.25, -0.2) is 9.97 Å². The van der Waals surface area contributed by atoms with Crippen molar-refractivity contribution in [3.8, 4) is 11.3 Å². The Morgan fingerprint density at radius 3 is 2.73 bits per heavy atom. The van der Waals surface area contributed by atoms with Gasteiger partial charge in [0.05, 0.1) is 23.3 Å². The molecule has 22 heavy (non-hydrogen) atoms. The van der Waals surface area contributed by atoms with Gasteiger partial charge in [-0.05, 0) is 43.7 Å². The van der Waals surface area contributed by atoms with Crippen LogP contribution in [0.5, 0.6) is 0 Å². The molecule has 0 fully saturated rings. The van der Waals surface area contributed by atoms with E-state index < -0.39 is 0 Å². The number of anilines is 1. The standard InChI is InChI=1S/C17H23N5/c1-11(2)8-15-17(19)21-10-16(22-15)13-5-4-12(6-7-18)14(9-13)20-3/h4-5,9-11H,3,6-8,18H2,1-2H3,(H2,19,21). The summed E-state index contributed by atoms with van der Waals surface area (Å²) in [5.41, 5.74) is 16.1. The number of benzene rings is 1. The van der Waals surface area contributed by atoms with Gasteiger partial charge >= 0.3 is 0 Å². The highest BCUT2D eigenvalue weighted by Gasteiger charge is 2.10. The van der Waals surface area contributed by atoms with Crippen LogP contribution in [-0.4, -0.2) is 23.2 Å². The summed E-state index contributed by atoms with van der Waals surface area (Å²) in [6.07, 6.45) is 3.29. The van der Waals surface area contributed by atoms with Crippen LogP contribution < -0.4 is 11.5 Å². The van der Waals surface area contributed by atoms with Gasteiger partial charge in [0.2, 0.25) is 0 Å². The molecule has 1 aromatic heterocycles. The van der Waals surface area contributed by atoms with Crippen LogP contribution in [0.3, 0.4) is 0 Å². The third-order valence-electron chi connectivity index (χ3n) is 3.44. The highest BCUT2D eigenvalue weighted by atomic mass is 14.9. The Balaban J connectivity index is 2.41. The minimum absolute atomic E-state index is 0.476. The molecule has 0 saturated heterocycles. The molecule has 2 rings (SSSR count). The van der Waals surface area contributed by atoms with Gasteiger partial charge in [0.15, 0.2) is 0 Å². The fraction of sp³-hybridized carbons (Fsp3) is 0.353. The minimum Gasteiger partial charge on any atom is -0.382 e. The van der Waals surface area contributed by atoms with Gasteiger partial charge in [-0.3, -0.25) is 4.99 Å². The molecule has 0 aliphatic carbocycles.